The summed E-state index contributed by atoms with van der Waals surface area (Å²) < 4.78 is 5.70. The SMILES string of the molecule is Cc1ccc(OCCSCCCC(=O)Nc2c(C)cc(C)cc2C)cc1. The fourth-order valence-electron chi connectivity index (χ4n) is 2.87. The maximum absolute atomic E-state index is 12.2. The van der Waals surface area contributed by atoms with E-state index in [9.17, 15) is 4.79 Å². The number of benzene rings is 2. The van der Waals surface area contributed by atoms with E-state index in [0.29, 0.717) is 13.0 Å². The van der Waals surface area contributed by atoms with Gasteiger partial charge in [-0.3, -0.25) is 4.79 Å². The number of anilines is 1. The molecule has 0 atom stereocenters. The maximum atomic E-state index is 12.2. The topological polar surface area (TPSA) is 38.3 Å². The Bertz CT molecular complexity index is 702. The van der Waals surface area contributed by atoms with Gasteiger partial charge in [0.1, 0.15) is 5.75 Å². The van der Waals surface area contributed by atoms with Crippen LogP contribution >= 0.6 is 11.8 Å². The van der Waals surface area contributed by atoms with E-state index in [0.717, 1.165) is 40.5 Å². The van der Waals surface area contributed by atoms with E-state index in [-0.39, 0.29) is 5.91 Å². The number of rotatable bonds is 9. The highest BCUT2D eigenvalue weighted by Crippen LogP contribution is 2.22. The molecule has 0 radical (unpaired) electrons. The van der Waals surface area contributed by atoms with Crippen molar-refractivity contribution in [1.82, 2.24) is 0 Å². The average Bonchev–Trinajstić information content (AvgIpc) is 2.59. The van der Waals surface area contributed by atoms with Crippen LogP contribution in [0.1, 0.15) is 35.1 Å². The van der Waals surface area contributed by atoms with Crippen molar-refractivity contribution in [2.45, 2.75) is 40.5 Å². The van der Waals surface area contributed by atoms with Gasteiger partial charge in [-0.05, 0) is 63.1 Å². The molecule has 4 heteroatoms. The van der Waals surface area contributed by atoms with Crippen molar-refractivity contribution < 1.29 is 9.53 Å². The summed E-state index contributed by atoms with van der Waals surface area (Å²) in [6.45, 7) is 8.92. The molecule has 0 saturated carbocycles. The van der Waals surface area contributed by atoms with Gasteiger partial charge in [0.25, 0.3) is 0 Å². The van der Waals surface area contributed by atoms with Crippen molar-refractivity contribution in [1.29, 1.82) is 0 Å². The van der Waals surface area contributed by atoms with Crippen molar-refractivity contribution in [2.75, 3.05) is 23.4 Å². The first kappa shape index (κ1) is 20.4. The fourth-order valence-corrected chi connectivity index (χ4v) is 3.62. The maximum Gasteiger partial charge on any atom is 0.224 e. The third-order valence-corrected chi connectivity index (χ3v) is 5.18. The molecule has 1 amide bonds. The summed E-state index contributed by atoms with van der Waals surface area (Å²) in [5, 5.41) is 3.06. The molecule has 0 aliphatic rings. The monoisotopic (exact) mass is 371 g/mol. The molecule has 0 fully saturated rings. The molecule has 2 aromatic rings. The lowest BCUT2D eigenvalue weighted by atomic mass is 10.0. The van der Waals surface area contributed by atoms with E-state index in [1.165, 1.54) is 11.1 Å². The minimum absolute atomic E-state index is 0.0940. The highest BCUT2D eigenvalue weighted by Gasteiger charge is 2.08. The van der Waals surface area contributed by atoms with E-state index in [1.54, 1.807) is 0 Å². The Morgan fingerprint density at radius 1 is 0.962 bits per heavy atom. The van der Waals surface area contributed by atoms with E-state index < -0.39 is 0 Å². The smallest absolute Gasteiger partial charge is 0.224 e. The van der Waals surface area contributed by atoms with E-state index in [2.05, 4.69) is 43.4 Å². The van der Waals surface area contributed by atoms with E-state index in [4.69, 9.17) is 4.74 Å². The molecule has 0 heterocycles. The Morgan fingerprint density at radius 2 is 1.62 bits per heavy atom. The molecule has 0 unspecified atom stereocenters. The Kier molecular flexibility index (Phi) is 8.05. The molecule has 2 aromatic carbocycles. The minimum Gasteiger partial charge on any atom is -0.493 e. The second kappa shape index (κ2) is 10.3. The van der Waals surface area contributed by atoms with Gasteiger partial charge in [0.15, 0.2) is 0 Å². The molecule has 2 rings (SSSR count). The normalized spacial score (nSPS) is 10.6. The first-order valence-electron chi connectivity index (χ1n) is 9.10. The van der Waals surface area contributed by atoms with Crippen LogP contribution in [0.15, 0.2) is 36.4 Å². The Morgan fingerprint density at radius 3 is 2.27 bits per heavy atom. The summed E-state index contributed by atoms with van der Waals surface area (Å²) in [7, 11) is 0. The second-order valence-corrected chi connectivity index (χ2v) is 7.92. The first-order valence-corrected chi connectivity index (χ1v) is 10.3. The molecule has 0 aliphatic carbocycles. The van der Waals surface area contributed by atoms with E-state index in [1.807, 2.05) is 37.7 Å². The van der Waals surface area contributed by atoms with Crippen LogP contribution in [0.3, 0.4) is 0 Å². The summed E-state index contributed by atoms with van der Waals surface area (Å²) in [6.07, 6.45) is 1.43. The summed E-state index contributed by atoms with van der Waals surface area (Å²) in [6, 6.07) is 12.3. The number of aryl methyl sites for hydroxylation is 4. The zero-order chi connectivity index (χ0) is 18.9. The molecule has 0 aromatic heterocycles. The van der Waals surface area contributed by atoms with Crippen LogP contribution in [-0.2, 0) is 4.79 Å². The van der Waals surface area contributed by atoms with Gasteiger partial charge in [0.05, 0.1) is 6.61 Å². The molecular weight excluding hydrogens is 342 g/mol. The standard InChI is InChI=1S/C22H29NO2S/c1-16-7-9-20(10-8-16)25-11-13-26-12-5-6-21(24)23-22-18(3)14-17(2)15-19(22)4/h7-10,14-15H,5-6,11-13H2,1-4H3,(H,23,24). The number of carbonyl (C=O) groups excluding carboxylic acids is 1. The number of thioether (sulfide) groups is 1. The Balaban J connectivity index is 1.59. The number of nitrogens with one attached hydrogen (secondary N) is 1. The molecule has 3 nitrogen and oxygen atoms in total. The van der Waals surface area contributed by atoms with Crippen molar-refractivity contribution in [2.24, 2.45) is 0 Å². The van der Waals surface area contributed by atoms with Crippen LogP contribution in [0.5, 0.6) is 5.75 Å². The number of hydrogen-bond acceptors (Lipinski definition) is 3. The molecule has 0 bridgehead atoms. The van der Waals surface area contributed by atoms with Gasteiger partial charge >= 0.3 is 0 Å². The van der Waals surface area contributed by atoms with Crippen molar-refractivity contribution >= 4 is 23.4 Å². The third kappa shape index (κ3) is 6.75. The summed E-state index contributed by atoms with van der Waals surface area (Å²) in [5.41, 5.74) is 5.67. The Hall–Kier alpha value is -1.94. The Labute approximate surface area is 161 Å². The molecule has 0 spiro atoms. The highest BCUT2D eigenvalue weighted by molar-refractivity contribution is 7.99. The van der Waals surface area contributed by atoms with Crippen LogP contribution in [0.2, 0.25) is 0 Å². The highest BCUT2D eigenvalue weighted by atomic mass is 32.2. The van der Waals surface area contributed by atoms with Gasteiger partial charge in [0, 0.05) is 17.9 Å². The van der Waals surface area contributed by atoms with Crippen LogP contribution in [-0.4, -0.2) is 24.0 Å². The zero-order valence-corrected chi connectivity index (χ0v) is 17.0. The zero-order valence-electron chi connectivity index (χ0n) is 16.2. The van der Waals surface area contributed by atoms with Crippen molar-refractivity contribution in [3.8, 4) is 5.75 Å². The van der Waals surface area contributed by atoms with Gasteiger partial charge in [-0.2, -0.15) is 11.8 Å². The van der Waals surface area contributed by atoms with Crippen LogP contribution in [0.4, 0.5) is 5.69 Å². The average molecular weight is 372 g/mol. The number of ether oxygens (including phenoxy) is 1. The van der Waals surface area contributed by atoms with Crippen LogP contribution in [0, 0.1) is 27.7 Å². The molecule has 1 N–H and O–H groups in total. The lowest BCUT2D eigenvalue weighted by molar-refractivity contribution is -0.116. The van der Waals surface area contributed by atoms with Crippen LogP contribution in [0.25, 0.3) is 0 Å². The van der Waals surface area contributed by atoms with Gasteiger partial charge in [0.2, 0.25) is 5.91 Å². The summed E-state index contributed by atoms with van der Waals surface area (Å²) >= 11 is 1.83. The van der Waals surface area contributed by atoms with Crippen molar-refractivity contribution in [3.63, 3.8) is 0 Å². The first-order chi connectivity index (χ1) is 12.5. The minimum atomic E-state index is 0.0940. The largest absolute Gasteiger partial charge is 0.493 e. The fraction of sp³-hybridized carbons (Fsp3) is 0.409. The van der Waals surface area contributed by atoms with Gasteiger partial charge in [-0.25, -0.2) is 0 Å². The van der Waals surface area contributed by atoms with Crippen molar-refractivity contribution in [3.05, 3.63) is 58.7 Å². The molecule has 140 valence electrons. The molecule has 0 saturated heterocycles. The summed E-state index contributed by atoms with van der Waals surface area (Å²) in [4.78, 5) is 12.2. The lowest BCUT2D eigenvalue weighted by Crippen LogP contribution is -2.13. The third-order valence-electron chi connectivity index (χ3n) is 4.15. The predicted octanol–water partition coefficient (Wildman–Crippen LogP) is 5.45. The van der Waals surface area contributed by atoms with E-state index >= 15 is 0 Å². The predicted molar refractivity (Wildman–Crippen MR) is 113 cm³/mol. The molecule has 26 heavy (non-hydrogen) atoms. The number of carbonyl (C=O) groups is 1. The second-order valence-electron chi connectivity index (χ2n) is 6.70. The summed E-state index contributed by atoms with van der Waals surface area (Å²) in [5.74, 6) is 2.92. The molecular formula is C22H29NO2S. The number of hydrogen-bond donors (Lipinski definition) is 1. The quantitative estimate of drug-likeness (QED) is 0.596. The van der Waals surface area contributed by atoms with Crippen LogP contribution < -0.4 is 10.1 Å². The molecule has 0 aliphatic heterocycles. The lowest BCUT2D eigenvalue weighted by Gasteiger charge is -2.12. The van der Waals surface area contributed by atoms with Gasteiger partial charge in [-0.15, -0.1) is 0 Å². The number of amides is 1. The van der Waals surface area contributed by atoms with Gasteiger partial charge < -0.3 is 10.1 Å². The van der Waals surface area contributed by atoms with Gasteiger partial charge in [-0.1, -0.05) is 35.4 Å².